The lowest BCUT2D eigenvalue weighted by atomic mass is 10.0. The number of anilines is 2. The molecule has 0 spiro atoms. The fourth-order valence-corrected chi connectivity index (χ4v) is 2.81. The quantitative estimate of drug-likeness (QED) is 0.932. The Hall–Kier alpha value is -2.63. The molecule has 0 atom stereocenters. The van der Waals surface area contributed by atoms with E-state index in [-0.39, 0.29) is 6.03 Å². The molecule has 0 bridgehead atoms. The lowest BCUT2D eigenvalue weighted by Crippen LogP contribution is -2.50. The number of nitrogens with one attached hydrogen (secondary N) is 1. The number of amides is 2. The number of piperazine rings is 1. The van der Waals surface area contributed by atoms with Gasteiger partial charge in [0.25, 0.3) is 0 Å². The molecule has 25 heavy (non-hydrogen) atoms. The molecule has 1 fully saturated rings. The summed E-state index contributed by atoms with van der Waals surface area (Å²) in [6.07, 6.45) is 3.64. The molecule has 0 unspecified atom stereocenters. The highest BCUT2D eigenvalue weighted by Crippen LogP contribution is 2.18. The summed E-state index contributed by atoms with van der Waals surface area (Å²) in [6.45, 7) is 9.08. The highest BCUT2D eigenvalue weighted by Gasteiger charge is 2.22. The average Bonchev–Trinajstić information content (AvgIpc) is 2.63. The van der Waals surface area contributed by atoms with Gasteiger partial charge in [-0.25, -0.2) is 14.8 Å². The van der Waals surface area contributed by atoms with Crippen molar-refractivity contribution < 1.29 is 4.79 Å². The second kappa shape index (κ2) is 7.51. The Morgan fingerprint density at radius 1 is 1.04 bits per heavy atom. The first-order valence-corrected chi connectivity index (χ1v) is 8.72. The number of rotatable bonds is 3. The van der Waals surface area contributed by atoms with Crippen molar-refractivity contribution in [1.82, 2.24) is 14.9 Å². The maximum Gasteiger partial charge on any atom is 0.321 e. The van der Waals surface area contributed by atoms with Crippen LogP contribution in [0.3, 0.4) is 0 Å². The standard InChI is InChI=1S/C19H25N5O/c1-14(2)16-4-6-17(7-5-16)22-19(25)24-10-8-23(9-11-24)18-20-12-15(3)13-21-18/h4-7,12-14H,8-11H2,1-3H3,(H,22,25). The van der Waals surface area contributed by atoms with Crippen LogP contribution in [0.5, 0.6) is 0 Å². The molecule has 1 aromatic heterocycles. The van der Waals surface area contributed by atoms with Crippen molar-refractivity contribution in [2.45, 2.75) is 26.7 Å². The first-order valence-electron chi connectivity index (χ1n) is 8.72. The van der Waals surface area contributed by atoms with Gasteiger partial charge in [-0.2, -0.15) is 0 Å². The van der Waals surface area contributed by atoms with E-state index in [0.29, 0.717) is 19.0 Å². The number of aromatic nitrogens is 2. The van der Waals surface area contributed by atoms with E-state index in [1.165, 1.54) is 5.56 Å². The Bertz CT molecular complexity index is 704. The Balaban J connectivity index is 1.53. The molecule has 0 saturated carbocycles. The summed E-state index contributed by atoms with van der Waals surface area (Å²) in [7, 11) is 0. The van der Waals surface area contributed by atoms with Gasteiger partial charge >= 0.3 is 6.03 Å². The van der Waals surface area contributed by atoms with Crippen LogP contribution in [0.1, 0.15) is 30.9 Å². The smallest absolute Gasteiger partial charge is 0.321 e. The van der Waals surface area contributed by atoms with E-state index in [1.807, 2.05) is 36.4 Å². The number of benzene rings is 1. The monoisotopic (exact) mass is 339 g/mol. The van der Waals surface area contributed by atoms with Crippen molar-refractivity contribution in [2.24, 2.45) is 0 Å². The van der Waals surface area contributed by atoms with Crippen LogP contribution in [0.2, 0.25) is 0 Å². The van der Waals surface area contributed by atoms with Gasteiger partial charge in [0, 0.05) is 44.3 Å². The maximum absolute atomic E-state index is 12.4. The minimum absolute atomic E-state index is 0.0539. The SMILES string of the molecule is Cc1cnc(N2CCN(C(=O)Nc3ccc(C(C)C)cc3)CC2)nc1. The van der Waals surface area contributed by atoms with E-state index >= 15 is 0 Å². The third-order valence-corrected chi connectivity index (χ3v) is 4.45. The Kier molecular flexibility index (Phi) is 5.16. The van der Waals surface area contributed by atoms with Crippen molar-refractivity contribution in [3.05, 3.63) is 47.8 Å². The van der Waals surface area contributed by atoms with Crippen molar-refractivity contribution >= 4 is 17.7 Å². The summed E-state index contributed by atoms with van der Waals surface area (Å²) in [5.41, 5.74) is 3.15. The third kappa shape index (κ3) is 4.26. The van der Waals surface area contributed by atoms with Crippen LogP contribution in [0.4, 0.5) is 16.4 Å². The summed E-state index contributed by atoms with van der Waals surface area (Å²) in [5.74, 6) is 1.22. The molecule has 132 valence electrons. The topological polar surface area (TPSA) is 61.4 Å². The molecule has 3 rings (SSSR count). The highest BCUT2D eigenvalue weighted by atomic mass is 16.2. The van der Waals surface area contributed by atoms with E-state index in [0.717, 1.165) is 30.3 Å². The predicted octanol–water partition coefficient (Wildman–Crippen LogP) is 3.26. The number of hydrogen-bond acceptors (Lipinski definition) is 4. The fraction of sp³-hybridized carbons (Fsp3) is 0.421. The Morgan fingerprint density at radius 2 is 1.64 bits per heavy atom. The second-order valence-electron chi connectivity index (χ2n) is 6.74. The molecule has 6 heteroatoms. The number of carbonyl (C=O) groups is 1. The van der Waals surface area contributed by atoms with Gasteiger partial charge in [0.1, 0.15) is 0 Å². The Morgan fingerprint density at radius 3 is 2.20 bits per heavy atom. The van der Waals surface area contributed by atoms with E-state index in [4.69, 9.17) is 0 Å². The molecular weight excluding hydrogens is 314 g/mol. The van der Waals surface area contributed by atoms with Gasteiger partial charge in [0.15, 0.2) is 0 Å². The van der Waals surface area contributed by atoms with E-state index in [1.54, 1.807) is 0 Å². The maximum atomic E-state index is 12.4. The number of hydrogen-bond donors (Lipinski definition) is 1. The minimum Gasteiger partial charge on any atom is -0.337 e. The molecule has 1 aliphatic rings. The van der Waals surface area contributed by atoms with Crippen molar-refractivity contribution in [3.8, 4) is 0 Å². The summed E-state index contributed by atoms with van der Waals surface area (Å²) in [5, 5.41) is 2.98. The highest BCUT2D eigenvalue weighted by molar-refractivity contribution is 5.89. The molecule has 0 radical (unpaired) electrons. The molecule has 6 nitrogen and oxygen atoms in total. The van der Waals surface area contributed by atoms with Crippen LogP contribution in [-0.4, -0.2) is 47.1 Å². The molecule has 1 aromatic carbocycles. The van der Waals surface area contributed by atoms with Gasteiger partial charge in [-0.1, -0.05) is 26.0 Å². The molecule has 2 aromatic rings. The predicted molar refractivity (Wildman–Crippen MR) is 100 cm³/mol. The van der Waals surface area contributed by atoms with Crippen LogP contribution >= 0.6 is 0 Å². The van der Waals surface area contributed by atoms with Gasteiger partial charge in [0.2, 0.25) is 5.95 Å². The molecule has 0 aliphatic carbocycles. The van der Waals surface area contributed by atoms with Gasteiger partial charge < -0.3 is 15.1 Å². The minimum atomic E-state index is -0.0539. The first-order chi connectivity index (χ1) is 12.0. The largest absolute Gasteiger partial charge is 0.337 e. The molecule has 2 heterocycles. The molecule has 1 aliphatic heterocycles. The van der Waals surface area contributed by atoms with E-state index in [2.05, 4.69) is 46.2 Å². The second-order valence-corrected chi connectivity index (χ2v) is 6.74. The van der Waals surface area contributed by atoms with Gasteiger partial charge in [-0.15, -0.1) is 0 Å². The molecular formula is C19H25N5O. The Labute approximate surface area is 148 Å². The van der Waals surface area contributed by atoms with Gasteiger partial charge in [0.05, 0.1) is 0 Å². The summed E-state index contributed by atoms with van der Waals surface area (Å²) in [6, 6.07) is 7.99. The zero-order valence-corrected chi connectivity index (χ0v) is 15.1. The zero-order chi connectivity index (χ0) is 17.8. The number of carbonyl (C=O) groups excluding carboxylic acids is 1. The van der Waals surface area contributed by atoms with Crippen LogP contribution in [0.25, 0.3) is 0 Å². The van der Waals surface area contributed by atoms with E-state index in [9.17, 15) is 4.79 Å². The van der Waals surface area contributed by atoms with Crippen molar-refractivity contribution in [3.63, 3.8) is 0 Å². The number of nitrogens with zero attached hydrogens (tertiary/aromatic N) is 4. The molecule has 1 saturated heterocycles. The fourth-order valence-electron chi connectivity index (χ4n) is 2.81. The first kappa shape index (κ1) is 17.2. The lowest BCUT2D eigenvalue weighted by molar-refractivity contribution is 0.208. The molecule has 2 amide bonds. The van der Waals surface area contributed by atoms with Gasteiger partial charge in [-0.05, 0) is 36.1 Å². The van der Waals surface area contributed by atoms with Crippen molar-refractivity contribution in [1.29, 1.82) is 0 Å². The van der Waals surface area contributed by atoms with Crippen LogP contribution in [-0.2, 0) is 0 Å². The number of urea groups is 1. The normalized spacial score (nSPS) is 14.7. The van der Waals surface area contributed by atoms with Crippen LogP contribution in [0.15, 0.2) is 36.7 Å². The summed E-state index contributed by atoms with van der Waals surface area (Å²) in [4.78, 5) is 25.1. The molecule has 1 N–H and O–H groups in total. The van der Waals surface area contributed by atoms with Gasteiger partial charge in [-0.3, -0.25) is 0 Å². The van der Waals surface area contributed by atoms with Crippen molar-refractivity contribution in [2.75, 3.05) is 36.4 Å². The van der Waals surface area contributed by atoms with E-state index < -0.39 is 0 Å². The van der Waals surface area contributed by atoms with Crippen LogP contribution in [0, 0.1) is 6.92 Å². The third-order valence-electron chi connectivity index (χ3n) is 4.45. The lowest BCUT2D eigenvalue weighted by Gasteiger charge is -2.34. The van der Waals surface area contributed by atoms with Crippen LogP contribution < -0.4 is 10.2 Å². The summed E-state index contributed by atoms with van der Waals surface area (Å²) >= 11 is 0. The number of aryl methyl sites for hydroxylation is 1. The average molecular weight is 339 g/mol. The zero-order valence-electron chi connectivity index (χ0n) is 15.1. The summed E-state index contributed by atoms with van der Waals surface area (Å²) < 4.78 is 0.